The van der Waals surface area contributed by atoms with Crippen molar-refractivity contribution in [1.82, 2.24) is 14.9 Å². The Morgan fingerprint density at radius 1 is 0.964 bits per heavy atom. The monoisotopic (exact) mass is 436 g/mol. The number of hydrogen-bond donors (Lipinski definition) is 0. The van der Waals surface area contributed by atoms with Crippen molar-refractivity contribution in [2.24, 2.45) is 5.92 Å². The van der Waals surface area contributed by atoms with Crippen molar-refractivity contribution in [3.05, 3.63) is 53.0 Å². The quantitative estimate of drug-likeness (QED) is 0.619. The zero-order chi connectivity index (χ0) is 19.1. The molecular weight excluding hydrogens is 416 g/mol. The summed E-state index contributed by atoms with van der Waals surface area (Å²) in [5, 5.41) is 1.06. The predicted molar refractivity (Wildman–Crippen MR) is 114 cm³/mol. The molecule has 0 atom stereocenters. The second kappa shape index (κ2) is 7.17. The molecule has 5 rings (SSSR count). The Kier molecular flexibility index (Phi) is 4.51. The van der Waals surface area contributed by atoms with Crippen LogP contribution < -0.4 is 4.90 Å². The van der Waals surface area contributed by atoms with Gasteiger partial charge in [-0.05, 0) is 37.1 Å². The Hall–Kier alpha value is -2.47. The number of carbonyl (C=O) groups is 1. The van der Waals surface area contributed by atoms with Crippen LogP contribution in [0.2, 0.25) is 0 Å². The fourth-order valence-corrected chi connectivity index (χ4v) is 4.18. The highest BCUT2D eigenvalue weighted by Gasteiger charge is 2.35. The van der Waals surface area contributed by atoms with Crippen LogP contribution in [0, 0.1) is 5.92 Å². The van der Waals surface area contributed by atoms with Crippen LogP contribution in [0.1, 0.15) is 12.8 Å². The molecule has 2 aromatic carbocycles. The molecule has 2 heterocycles. The zero-order valence-electron chi connectivity index (χ0n) is 15.5. The van der Waals surface area contributed by atoms with Gasteiger partial charge in [-0.15, -0.1) is 0 Å². The number of halogens is 1. The normalized spacial score (nSPS) is 17.2. The first kappa shape index (κ1) is 17.6. The molecule has 142 valence electrons. The third-order valence-electron chi connectivity index (χ3n) is 5.48. The number of rotatable bonds is 3. The van der Waals surface area contributed by atoms with E-state index in [-0.39, 0.29) is 5.92 Å². The lowest BCUT2D eigenvalue weighted by atomic mass is 10.1. The van der Waals surface area contributed by atoms with Crippen LogP contribution in [0.4, 0.5) is 5.82 Å². The van der Waals surface area contributed by atoms with Gasteiger partial charge in [0, 0.05) is 47.5 Å². The smallest absolute Gasteiger partial charge is 0.225 e. The van der Waals surface area contributed by atoms with Crippen molar-refractivity contribution in [1.29, 1.82) is 0 Å². The number of benzene rings is 2. The van der Waals surface area contributed by atoms with Crippen LogP contribution in [-0.2, 0) is 4.79 Å². The van der Waals surface area contributed by atoms with E-state index in [1.54, 1.807) is 0 Å². The molecule has 1 saturated carbocycles. The maximum atomic E-state index is 12.4. The van der Waals surface area contributed by atoms with Gasteiger partial charge >= 0.3 is 0 Å². The van der Waals surface area contributed by atoms with Gasteiger partial charge in [0.1, 0.15) is 5.82 Å². The number of hydrogen-bond acceptors (Lipinski definition) is 4. The van der Waals surface area contributed by atoms with E-state index in [1.165, 1.54) is 0 Å². The van der Waals surface area contributed by atoms with Gasteiger partial charge in [0.05, 0.1) is 5.52 Å². The summed E-state index contributed by atoms with van der Waals surface area (Å²) in [7, 11) is 0. The molecule has 3 aromatic rings. The lowest BCUT2D eigenvalue weighted by molar-refractivity contribution is -0.132. The molecule has 1 saturated heterocycles. The summed E-state index contributed by atoms with van der Waals surface area (Å²) in [6, 6.07) is 16.2. The van der Waals surface area contributed by atoms with Crippen LogP contribution >= 0.6 is 15.9 Å². The summed E-state index contributed by atoms with van der Waals surface area (Å²) < 4.78 is 1.01. The Labute approximate surface area is 172 Å². The number of carbonyl (C=O) groups excluding carboxylic acids is 1. The Bertz CT molecular complexity index is 1040. The first-order valence-electron chi connectivity index (χ1n) is 9.75. The standard InChI is InChI=1S/C22H21BrN4O/c23-17-5-3-4-16(14-17)20-24-19-7-2-1-6-18(19)21(25-20)26-10-12-27(13-11-26)22(28)15-8-9-15/h1-7,14-15H,8-13H2. The molecule has 0 N–H and O–H groups in total. The summed E-state index contributed by atoms with van der Waals surface area (Å²) >= 11 is 3.54. The Morgan fingerprint density at radius 3 is 2.50 bits per heavy atom. The molecule has 28 heavy (non-hydrogen) atoms. The van der Waals surface area contributed by atoms with Crippen molar-refractivity contribution in [3.63, 3.8) is 0 Å². The first-order valence-corrected chi connectivity index (χ1v) is 10.5. The minimum atomic E-state index is 0.287. The van der Waals surface area contributed by atoms with Gasteiger partial charge in [-0.3, -0.25) is 4.79 Å². The van der Waals surface area contributed by atoms with E-state index in [9.17, 15) is 4.79 Å². The van der Waals surface area contributed by atoms with E-state index in [1.807, 2.05) is 47.4 Å². The van der Waals surface area contributed by atoms with Crippen LogP contribution in [0.5, 0.6) is 0 Å². The molecular formula is C22H21BrN4O. The third kappa shape index (κ3) is 3.37. The van der Waals surface area contributed by atoms with Crippen molar-refractivity contribution in [3.8, 4) is 11.4 Å². The lowest BCUT2D eigenvalue weighted by Crippen LogP contribution is -2.49. The van der Waals surface area contributed by atoms with E-state index in [2.05, 4.69) is 26.9 Å². The van der Waals surface area contributed by atoms with E-state index in [4.69, 9.17) is 9.97 Å². The van der Waals surface area contributed by atoms with E-state index < -0.39 is 0 Å². The van der Waals surface area contributed by atoms with Crippen molar-refractivity contribution in [2.75, 3.05) is 31.1 Å². The number of para-hydroxylation sites is 1. The van der Waals surface area contributed by atoms with Crippen LogP contribution in [0.25, 0.3) is 22.3 Å². The SMILES string of the molecule is O=C(C1CC1)N1CCN(c2nc(-c3cccc(Br)c3)nc3ccccc23)CC1. The predicted octanol–water partition coefficient (Wildman–Crippen LogP) is 4.12. The van der Waals surface area contributed by atoms with Gasteiger partial charge < -0.3 is 9.80 Å². The largest absolute Gasteiger partial charge is 0.352 e. The number of anilines is 1. The minimum Gasteiger partial charge on any atom is -0.352 e. The second-order valence-corrected chi connectivity index (χ2v) is 8.40. The maximum absolute atomic E-state index is 12.4. The van der Waals surface area contributed by atoms with Gasteiger partial charge in [-0.2, -0.15) is 0 Å². The summed E-state index contributed by atoms with van der Waals surface area (Å²) in [6.45, 7) is 3.13. The zero-order valence-corrected chi connectivity index (χ0v) is 17.1. The summed E-state index contributed by atoms with van der Waals surface area (Å²) in [6.07, 6.45) is 2.12. The van der Waals surface area contributed by atoms with E-state index in [0.29, 0.717) is 5.91 Å². The van der Waals surface area contributed by atoms with Crippen molar-refractivity contribution >= 4 is 38.6 Å². The van der Waals surface area contributed by atoms with Crippen LogP contribution in [0.3, 0.4) is 0 Å². The fraction of sp³-hybridized carbons (Fsp3) is 0.318. The highest BCUT2D eigenvalue weighted by Crippen LogP contribution is 2.32. The number of fused-ring (bicyclic) bond motifs is 1. The highest BCUT2D eigenvalue weighted by molar-refractivity contribution is 9.10. The molecule has 2 fully saturated rings. The first-order chi connectivity index (χ1) is 13.7. The average molecular weight is 437 g/mol. The molecule has 0 spiro atoms. The van der Waals surface area contributed by atoms with Crippen molar-refractivity contribution < 1.29 is 4.79 Å². The molecule has 1 amide bonds. The maximum Gasteiger partial charge on any atom is 0.225 e. The van der Waals surface area contributed by atoms with Crippen molar-refractivity contribution in [2.45, 2.75) is 12.8 Å². The third-order valence-corrected chi connectivity index (χ3v) is 5.98. The number of nitrogens with zero attached hydrogens (tertiary/aromatic N) is 4. The summed E-state index contributed by atoms with van der Waals surface area (Å²) in [5.41, 5.74) is 1.93. The molecule has 0 unspecified atom stereocenters. The highest BCUT2D eigenvalue weighted by atomic mass is 79.9. The minimum absolute atomic E-state index is 0.287. The molecule has 2 aliphatic rings. The molecule has 1 aliphatic heterocycles. The van der Waals surface area contributed by atoms with E-state index in [0.717, 1.165) is 71.6 Å². The van der Waals surface area contributed by atoms with Gasteiger partial charge in [0.15, 0.2) is 5.82 Å². The van der Waals surface area contributed by atoms with E-state index >= 15 is 0 Å². The number of piperazine rings is 1. The fourth-order valence-electron chi connectivity index (χ4n) is 3.78. The average Bonchev–Trinajstić information content (AvgIpc) is 3.58. The molecule has 5 nitrogen and oxygen atoms in total. The molecule has 1 aromatic heterocycles. The Morgan fingerprint density at radius 2 is 1.75 bits per heavy atom. The lowest BCUT2D eigenvalue weighted by Gasteiger charge is -2.36. The molecule has 0 bridgehead atoms. The number of amides is 1. The van der Waals surface area contributed by atoms with Gasteiger partial charge in [0.2, 0.25) is 5.91 Å². The molecule has 0 radical (unpaired) electrons. The molecule has 6 heteroatoms. The topological polar surface area (TPSA) is 49.3 Å². The Balaban J connectivity index is 1.49. The summed E-state index contributed by atoms with van der Waals surface area (Å²) in [5.74, 6) is 2.31. The molecule has 1 aliphatic carbocycles. The van der Waals surface area contributed by atoms with Gasteiger partial charge in [-0.25, -0.2) is 9.97 Å². The van der Waals surface area contributed by atoms with Gasteiger partial charge in [-0.1, -0.05) is 40.2 Å². The van der Waals surface area contributed by atoms with Gasteiger partial charge in [0.25, 0.3) is 0 Å². The summed E-state index contributed by atoms with van der Waals surface area (Å²) in [4.78, 5) is 26.4. The second-order valence-electron chi connectivity index (χ2n) is 7.48. The van der Waals surface area contributed by atoms with Crippen LogP contribution in [-0.4, -0.2) is 47.0 Å². The number of aromatic nitrogens is 2. The van der Waals surface area contributed by atoms with Crippen LogP contribution in [0.15, 0.2) is 53.0 Å².